The third-order valence-electron chi connectivity index (χ3n) is 3.72. The predicted molar refractivity (Wildman–Crippen MR) is 70.3 cm³/mol. The maximum absolute atomic E-state index is 11.3. The van der Waals surface area contributed by atoms with Crippen LogP contribution in [0.15, 0.2) is 24.3 Å². The van der Waals surface area contributed by atoms with Crippen molar-refractivity contribution in [2.75, 3.05) is 13.2 Å². The molecule has 18 heavy (non-hydrogen) atoms. The fourth-order valence-corrected chi connectivity index (χ4v) is 2.64. The lowest BCUT2D eigenvalue weighted by atomic mass is 9.97. The number of para-hydroxylation sites is 1. The van der Waals surface area contributed by atoms with Crippen LogP contribution in [0.1, 0.15) is 29.6 Å². The standard InChI is InChI=1S/C14H20N2O2/c15-8-10-4-3-5-11(10)9-18-13-7-2-1-6-12(13)14(16)17/h1-2,6-7,10-11H,3-5,8-9,15H2,(H2,16,17). The lowest BCUT2D eigenvalue weighted by Gasteiger charge is -2.19. The van der Waals surface area contributed by atoms with Crippen molar-refractivity contribution >= 4 is 5.91 Å². The van der Waals surface area contributed by atoms with E-state index < -0.39 is 5.91 Å². The Morgan fingerprint density at radius 1 is 1.28 bits per heavy atom. The van der Waals surface area contributed by atoms with Gasteiger partial charge in [0.15, 0.2) is 0 Å². The molecule has 2 unspecified atom stereocenters. The van der Waals surface area contributed by atoms with Gasteiger partial charge in [-0.15, -0.1) is 0 Å². The molecule has 2 rings (SSSR count). The van der Waals surface area contributed by atoms with E-state index in [9.17, 15) is 4.79 Å². The topological polar surface area (TPSA) is 78.3 Å². The molecule has 0 saturated heterocycles. The number of hydrogen-bond donors (Lipinski definition) is 2. The third kappa shape index (κ3) is 2.82. The predicted octanol–water partition coefficient (Wildman–Crippen LogP) is 1.54. The highest BCUT2D eigenvalue weighted by Crippen LogP contribution is 2.31. The molecular formula is C14H20N2O2. The molecule has 1 aliphatic carbocycles. The third-order valence-corrected chi connectivity index (χ3v) is 3.72. The summed E-state index contributed by atoms with van der Waals surface area (Å²) in [5.74, 6) is 1.17. The molecule has 4 heteroatoms. The zero-order chi connectivity index (χ0) is 13.0. The van der Waals surface area contributed by atoms with E-state index in [0.29, 0.717) is 36.3 Å². The van der Waals surface area contributed by atoms with Crippen molar-refractivity contribution in [1.29, 1.82) is 0 Å². The molecule has 4 N–H and O–H groups in total. The van der Waals surface area contributed by atoms with Gasteiger partial charge in [-0.25, -0.2) is 0 Å². The van der Waals surface area contributed by atoms with E-state index in [2.05, 4.69) is 0 Å². The first-order valence-electron chi connectivity index (χ1n) is 6.44. The van der Waals surface area contributed by atoms with E-state index in [1.165, 1.54) is 12.8 Å². The van der Waals surface area contributed by atoms with E-state index in [4.69, 9.17) is 16.2 Å². The summed E-state index contributed by atoms with van der Waals surface area (Å²) in [6.07, 6.45) is 3.55. The average molecular weight is 248 g/mol. The molecule has 0 aliphatic heterocycles. The summed E-state index contributed by atoms with van der Waals surface area (Å²) in [4.78, 5) is 11.3. The number of hydrogen-bond acceptors (Lipinski definition) is 3. The van der Waals surface area contributed by atoms with Gasteiger partial charge in [-0.1, -0.05) is 18.6 Å². The van der Waals surface area contributed by atoms with E-state index in [1.54, 1.807) is 18.2 Å². The van der Waals surface area contributed by atoms with Gasteiger partial charge < -0.3 is 16.2 Å². The average Bonchev–Trinajstić information content (AvgIpc) is 2.84. The zero-order valence-electron chi connectivity index (χ0n) is 10.5. The Balaban J connectivity index is 2.00. The summed E-state index contributed by atoms with van der Waals surface area (Å²) >= 11 is 0. The van der Waals surface area contributed by atoms with E-state index in [0.717, 1.165) is 6.42 Å². The van der Waals surface area contributed by atoms with Crippen LogP contribution in [-0.4, -0.2) is 19.1 Å². The molecule has 0 spiro atoms. The molecule has 98 valence electrons. The minimum Gasteiger partial charge on any atom is -0.492 e. The molecule has 0 aromatic heterocycles. The summed E-state index contributed by atoms with van der Waals surface area (Å²) in [6, 6.07) is 7.10. The summed E-state index contributed by atoms with van der Waals surface area (Å²) in [5.41, 5.74) is 11.5. The van der Waals surface area contributed by atoms with Gasteiger partial charge in [0.2, 0.25) is 0 Å². The van der Waals surface area contributed by atoms with Gasteiger partial charge in [-0.05, 0) is 43.4 Å². The van der Waals surface area contributed by atoms with Crippen LogP contribution in [0.5, 0.6) is 5.75 Å². The van der Waals surface area contributed by atoms with Gasteiger partial charge in [-0.2, -0.15) is 0 Å². The molecule has 0 bridgehead atoms. The van der Waals surface area contributed by atoms with Gasteiger partial charge in [0.25, 0.3) is 5.91 Å². The lowest BCUT2D eigenvalue weighted by Crippen LogP contribution is -2.24. The molecular weight excluding hydrogens is 228 g/mol. The largest absolute Gasteiger partial charge is 0.492 e. The maximum atomic E-state index is 11.3. The Morgan fingerprint density at radius 2 is 2.00 bits per heavy atom. The number of ether oxygens (including phenoxy) is 1. The van der Waals surface area contributed by atoms with Crippen LogP contribution in [0.3, 0.4) is 0 Å². The number of carbonyl (C=O) groups excluding carboxylic acids is 1. The van der Waals surface area contributed by atoms with Gasteiger partial charge in [0, 0.05) is 0 Å². The summed E-state index contributed by atoms with van der Waals surface area (Å²) < 4.78 is 5.76. The highest BCUT2D eigenvalue weighted by molar-refractivity contribution is 5.95. The second-order valence-corrected chi connectivity index (χ2v) is 4.86. The van der Waals surface area contributed by atoms with Crippen LogP contribution in [0.4, 0.5) is 0 Å². The smallest absolute Gasteiger partial charge is 0.252 e. The molecule has 1 aliphatic rings. The van der Waals surface area contributed by atoms with Gasteiger partial charge in [-0.3, -0.25) is 4.79 Å². The first kappa shape index (κ1) is 12.9. The van der Waals surface area contributed by atoms with Crippen molar-refractivity contribution in [3.05, 3.63) is 29.8 Å². The molecule has 1 saturated carbocycles. The molecule has 0 heterocycles. The van der Waals surface area contributed by atoms with Crippen LogP contribution in [-0.2, 0) is 0 Å². The van der Waals surface area contributed by atoms with Gasteiger partial charge in [0.05, 0.1) is 12.2 Å². The first-order valence-corrected chi connectivity index (χ1v) is 6.44. The Labute approximate surface area is 107 Å². The number of rotatable bonds is 5. The van der Waals surface area contributed by atoms with Crippen molar-refractivity contribution in [3.8, 4) is 5.75 Å². The zero-order valence-corrected chi connectivity index (χ0v) is 10.5. The van der Waals surface area contributed by atoms with Crippen LogP contribution in [0.2, 0.25) is 0 Å². The number of carbonyl (C=O) groups is 1. The first-order chi connectivity index (χ1) is 8.72. The maximum Gasteiger partial charge on any atom is 0.252 e. The van der Waals surface area contributed by atoms with E-state index in [-0.39, 0.29) is 0 Å². The molecule has 0 radical (unpaired) electrons. The molecule has 1 amide bonds. The Hall–Kier alpha value is -1.55. The number of nitrogens with two attached hydrogens (primary N) is 2. The molecule has 1 fully saturated rings. The van der Waals surface area contributed by atoms with Gasteiger partial charge in [0.1, 0.15) is 5.75 Å². The van der Waals surface area contributed by atoms with Crippen LogP contribution < -0.4 is 16.2 Å². The van der Waals surface area contributed by atoms with Crippen molar-refractivity contribution in [3.63, 3.8) is 0 Å². The van der Waals surface area contributed by atoms with Crippen molar-refractivity contribution in [1.82, 2.24) is 0 Å². The van der Waals surface area contributed by atoms with Crippen molar-refractivity contribution in [2.24, 2.45) is 23.3 Å². The van der Waals surface area contributed by atoms with Crippen LogP contribution in [0.25, 0.3) is 0 Å². The number of amides is 1. The van der Waals surface area contributed by atoms with E-state index >= 15 is 0 Å². The van der Waals surface area contributed by atoms with Crippen molar-refractivity contribution in [2.45, 2.75) is 19.3 Å². The monoisotopic (exact) mass is 248 g/mol. The highest BCUT2D eigenvalue weighted by atomic mass is 16.5. The Morgan fingerprint density at radius 3 is 2.72 bits per heavy atom. The lowest BCUT2D eigenvalue weighted by molar-refractivity contribution is 0.0994. The normalized spacial score (nSPS) is 22.9. The molecule has 1 aromatic carbocycles. The minimum atomic E-state index is -0.451. The molecule has 4 nitrogen and oxygen atoms in total. The fourth-order valence-electron chi connectivity index (χ4n) is 2.64. The number of primary amides is 1. The Kier molecular flexibility index (Phi) is 4.20. The quantitative estimate of drug-likeness (QED) is 0.829. The fraction of sp³-hybridized carbons (Fsp3) is 0.500. The van der Waals surface area contributed by atoms with Crippen molar-refractivity contribution < 1.29 is 9.53 Å². The second kappa shape index (κ2) is 5.87. The molecule has 2 atom stereocenters. The molecule has 1 aromatic rings. The van der Waals surface area contributed by atoms with Gasteiger partial charge >= 0.3 is 0 Å². The van der Waals surface area contributed by atoms with Crippen LogP contribution >= 0.6 is 0 Å². The Bertz CT molecular complexity index is 420. The minimum absolute atomic E-state index is 0.444. The number of benzene rings is 1. The summed E-state index contributed by atoms with van der Waals surface area (Å²) in [6.45, 7) is 1.33. The summed E-state index contributed by atoms with van der Waals surface area (Å²) in [5, 5.41) is 0. The highest BCUT2D eigenvalue weighted by Gasteiger charge is 2.26. The summed E-state index contributed by atoms with van der Waals surface area (Å²) in [7, 11) is 0. The van der Waals surface area contributed by atoms with Crippen LogP contribution in [0, 0.1) is 11.8 Å². The second-order valence-electron chi connectivity index (χ2n) is 4.86. The SMILES string of the molecule is NCC1CCCC1COc1ccccc1C(N)=O. The van der Waals surface area contributed by atoms with E-state index in [1.807, 2.05) is 6.07 Å².